The fourth-order valence-electron chi connectivity index (χ4n) is 6.34. The Kier molecular flexibility index (Phi) is 4.49. The van der Waals surface area contributed by atoms with Crippen LogP contribution in [0.2, 0.25) is 0 Å². The van der Waals surface area contributed by atoms with Crippen LogP contribution >= 0.6 is 0 Å². The number of hydrogen-bond acceptors (Lipinski definition) is 4. The van der Waals surface area contributed by atoms with E-state index in [0.29, 0.717) is 11.1 Å². The van der Waals surface area contributed by atoms with Crippen LogP contribution < -0.4 is 4.90 Å². The van der Waals surface area contributed by atoms with Crippen LogP contribution in [0, 0.1) is 22.7 Å². The number of fused-ring (bicyclic) bond motifs is 8. The Labute approximate surface area is 230 Å². The molecular formula is C35H22N4O. The first-order valence-corrected chi connectivity index (χ1v) is 13.3. The lowest BCUT2D eigenvalue weighted by Crippen LogP contribution is -2.29. The molecule has 0 radical (unpaired) electrons. The van der Waals surface area contributed by atoms with Crippen molar-refractivity contribution in [2.75, 3.05) is 4.90 Å². The zero-order chi connectivity index (χ0) is 27.1. The third-order valence-corrected chi connectivity index (χ3v) is 8.07. The van der Waals surface area contributed by atoms with Gasteiger partial charge in [0, 0.05) is 27.6 Å². The number of benzene rings is 5. The molecule has 1 aliphatic heterocycles. The molecule has 0 bridgehead atoms. The van der Waals surface area contributed by atoms with E-state index in [1.807, 2.05) is 54.6 Å². The van der Waals surface area contributed by atoms with Gasteiger partial charge in [0.25, 0.3) is 0 Å². The van der Waals surface area contributed by atoms with E-state index in [9.17, 15) is 10.5 Å². The average Bonchev–Trinajstić information content (AvgIpc) is 3.51. The molecule has 0 spiro atoms. The summed E-state index contributed by atoms with van der Waals surface area (Å²) in [6.45, 7) is 4.39. The number of nitriles is 2. The molecule has 5 nitrogen and oxygen atoms in total. The fraction of sp³-hybridized carbons (Fsp3) is 0.0857. The van der Waals surface area contributed by atoms with Crippen molar-refractivity contribution in [3.8, 4) is 29.0 Å². The van der Waals surface area contributed by atoms with Crippen LogP contribution in [-0.4, -0.2) is 10.6 Å². The van der Waals surface area contributed by atoms with E-state index in [2.05, 4.69) is 71.9 Å². The summed E-state index contributed by atoms with van der Waals surface area (Å²) < 4.78 is 8.63. The summed E-state index contributed by atoms with van der Waals surface area (Å²) >= 11 is 0. The van der Waals surface area contributed by atoms with E-state index in [4.69, 9.17) is 4.42 Å². The second-order valence-electron chi connectivity index (χ2n) is 10.7. The second kappa shape index (κ2) is 7.99. The number of rotatable bonds is 2. The van der Waals surface area contributed by atoms with Crippen LogP contribution in [0.25, 0.3) is 60.6 Å². The molecule has 2 aromatic heterocycles. The normalized spacial score (nSPS) is 12.4. The predicted octanol–water partition coefficient (Wildman–Crippen LogP) is 8.95. The molecule has 0 atom stereocenters. The molecule has 5 heteroatoms. The Morgan fingerprint density at radius 1 is 0.625 bits per heavy atom. The quantitative estimate of drug-likeness (QED) is 0.231. The number of nitrogens with zero attached hydrogens (tertiary/aromatic N) is 4. The van der Waals surface area contributed by atoms with E-state index in [1.165, 1.54) is 0 Å². The minimum Gasteiger partial charge on any atom is -0.456 e. The van der Waals surface area contributed by atoms with Crippen molar-refractivity contribution in [3.63, 3.8) is 0 Å². The van der Waals surface area contributed by atoms with Crippen molar-refractivity contribution in [2.24, 2.45) is 0 Å². The number of hydrogen-bond donors (Lipinski definition) is 0. The van der Waals surface area contributed by atoms with Crippen LogP contribution in [0.15, 0.2) is 95.4 Å². The first kappa shape index (κ1) is 22.5. The molecule has 0 unspecified atom stereocenters. The fourth-order valence-corrected chi connectivity index (χ4v) is 6.34. The minimum atomic E-state index is 0.179. The summed E-state index contributed by atoms with van der Waals surface area (Å²) in [7, 11) is 0. The lowest BCUT2D eigenvalue weighted by molar-refractivity contribution is 0.669. The van der Waals surface area contributed by atoms with Crippen LogP contribution in [0.4, 0.5) is 11.4 Å². The topological polar surface area (TPSA) is 68.9 Å². The monoisotopic (exact) mass is 514 g/mol. The maximum Gasteiger partial charge on any atom is 0.136 e. The first-order valence-electron chi connectivity index (χ1n) is 13.3. The highest BCUT2D eigenvalue weighted by Crippen LogP contribution is 2.50. The minimum absolute atomic E-state index is 0.179. The molecular weight excluding hydrogens is 492 g/mol. The second-order valence-corrected chi connectivity index (χ2v) is 10.7. The molecule has 0 fully saturated rings. The third kappa shape index (κ3) is 2.95. The van der Waals surface area contributed by atoms with Crippen LogP contribution in [-0.2, 0) is 0 Å². The lowest BCUT2D eigenvalue weighted by atomic mass is 9.98. The maximum absolute atomic E-state index is 9.79. The Morgan fingerprint density at radius 3 is 2.17 bits per heavy atom. The molecule has 8 rings (SSSR count). The lowest BCUT2D eigenvalue weighted by Gasteiger charge is -2.36. The van der Waals surface area contributed by atoms with Gasteiger partial charge in [-0.1, -0.05) is 30.3 Å². The van der Waals surface area contributed by atoms with E-state index in [0.717, 1.165) is 71.9 Å². The van der Waals surface area contributed by atoms with E-state index in [1.54, 1.807) is 0 Å². The zero-order valence-electron chi connectivity index (χ0n) is 21.9. The van der Waals surface area contributed by atoms with Crippen LogP contribution in [0.3, 0.4) is 0 Å². The van der Waals surface area contributed by atoms with Crippen molar-refractivity contribution in [2.45, 2.75) is 19.9 Å². The molecule has 0 N–H and O–H groups in total. The largest absolute Gasteiger partial charge is 0.456 e. The highest BCUT2D eigenvalue weighted by atomic mass is 16.3. The molecule has 1 aliphatic rings. The number of para-hydroxylation sites is 1. The van der Waals surface area contributed by atoms with Gasteiger partial charge in [0.1, 0.15) is 11.2 Å². The van der Waals surface area contributed by atoms with Crippen molar-refractivity contribution in [3.05, 3.63) is 102 Å². The van der Waals surface area contributed by atoms with Gasteiger partial charge in [-0.05, 0) is 85.6 Å². The maximum atomic E-state index is 9.79. The standard InChI is InChI=1S/C35H22N4O/c1-20(2)38-29-12-9-22(19-37)13-31(29)39-30-16-27-25-5-3-4-6-33(25)40-34(27)17-26(30)28-14-24(15-32(38)35(28)39)23-10-7-21(18-36)8-11-23/h3-17,20H,1-2H3. The number of furan rings is 1. The Hall–Kier alpha value is -5.52. The van der Waals surface area contributed by atoms with Gasteiger partial charge in [0.05, 0.1) is 51.4 Å². The van der Waals surface area contributed by atoms with Gasteiger partial charge in [0.2, 0.25) is 0 Å². The van der Waals surface area contributed by atoms with Crippen molar-refractivity contribution in [1.29, 1.82) is 10.5 Å². The SMILES string of the molecule is CC(C)N1c2ccc(C#N)cc2-n2c3cc4c(cc3c3cc(-c5ccc(C#N)cc5)cc1c32)oc1ccccc14. The van der Waals surface area contributed by atoms with Gasteiger partial charge >= 0.3 is 0 Å². The van der Waals surface area contributed by atoms with Crippen molar-refractivity contribution >= 4 is 55.1 Å². The number of anilines is 2. The van der Waals surface area contributed by atoms with Gasteiger partial charge in [-0.3, -0.25) is 0 Å². The van der Waals surface area contributed by atoms with Gasteiger partial charge in [-0.15, -0.1) is 0 Å². The molecule has 188 valence electrons. The summed E-state index contributed by atoms with van der Waals surface area (Å²) in [5, 5.41) is 23.5. The molecule has 40 heavy (non-hydrogen) atoms. The molecule has 3 heterocycles. The highest BCUT2D eigenvalue weighted by molar-refractivity contribution is 6.21. The van der Waals surface area contributed by atoms with Crippen molar-refractivity contribution in [1.82, 2.24) is 4.57 Å². The van der Waals surface area contributed by atoms with Gasteiger partial charge < -0.3 is 13.9 Å². The highest BCUT2D eigenvalue weighted by Gasteiger charge is 2.30. The Morgan fingerprint density at radius 2 is 1.40 bits per heavy atom. The molecule has 0 saturated carbocycles. The Bertz CT molecular complexity index is 2270. The smallest absolute Gasteiger partial charge is 0.136 e. The average molecular weight is 515 g/mol. The number of aromatic nitrogens is 1. The molecule has 5 aromatic carbocycles. The summed E-state index contributed by atoms with van der Waals surface area (Å²) in [4.78, 5) is 2.37. The van der Waals surface area contributed by atoms with Gasteiger partial charge in [-0.2, -0.15) is 10.5 Å². The predicted molar refractivity (Wildman–Crippen MR) is 160 cm³/mol. The summed E-state index contributed by atoms with van der Waals surface area (Å²) in [5.74, 6) is 0. The van der Waals surface area contributed by atoms with Crippen molar-refractivity contribution < 1.29 is 4.42 Å². The van der Waals surface area contributed by atoms with E-state index < -0.39 is 0 Å². The van der Waals surface area contributed by atoms with Crippen LogP contribution in [0.5, 0.6) is 0 Å². The zero-order valence-corrected chi connectivity index (χ0v) is 21.9. The Balaban J connectivity index is 1.56. The molecule has 0 amide bonds. The molecule has 0 aliphatic carbocycles. The van der Waals surface area contributed by atoms with E-state index >= 15 is 0 Å². The van der Waals surface area contributed by atoms with E-state index in [-0.39, 0.29) is 6.04 Å². The summed E-state index contributed by atoms with van der Waals surface area (Å²) in [6.07, 6.45) is 0. The third-order valence-electron chi connectivity index (χ3n) is 8.07. The molecule has 7 aromatic rings. The van der Waals surface area contributed by atoms with Gasteiger partial charge in [0.15, 0.2) is 0 Å². The summed E-state index contributed by atoms with van der Waals surface area (Å²) in [5.41, 5.74) is 10.5. The first-order chi connectivity index (χ1) is 19.6. The molecule has 0 saturated heterocycles. The van der Waals surface area contributed by atoms with Crippen LogP contribution in [0.1, 0.15) is 25.0 Å². The summed E-state index contributed by atoms with van der Waals surface area (Å²) in [6, 6.07) is 35.5. The van der Waals surface area contributed by atoms with Gasteiger partial charge in [-0.25, -0.2) is 0 Å².